The summed E-state index contributed by atoms with van der Waals surface area (Å²) in [6, 6.07) is 15.9. The lowest BCUT2D eigenvalue weighted by Gasteiger charge is -2.28. The molecule has 2 aromatic carbocycles. The molecule has 22 heavy (non-hydrogen) atoms. The highest BCUT2D eigenvalue weighted by molar-refractivity contribution is 6.60. The van der Waals surface area contributed by atoms with Gasteiger partial charge in [-0.1, -0.05) is 42.5 Å². The molecule has 0 heterocycles. The van der Waals surface area contributed by atoms with Crippen LogP contribution in [0.5, 0.6) is 0 Å². The third kappa shape index (κ3) is 4.40. The van der Waals surface area contributed by atoms with Gasteiger partial charge in [0.05, 0.1) is 0 Å². The Hall–Kier alpha value is -1.20. The smallest absolute Gasteiger partial charge is 0.374 e. The number of benzene rings is 2. The highest BCUT2D eigenvalue weighted by atomic mass is 28.4. The summed E-state index contributed by atoms with van der Waals surface area (Å²) in [5.41, 5.74) is 1.30. The zero-order valence-electron chi connectivity index (χ0n) is 13.8. The number of aryl methyl sites for hydroxylation is 1. The first-order valence-corrected chi connectivity index (χ1v) is 10.1. The molecule has 0 bridgehead atoms. The van der Waals surface area contributed by atoms with E-state index < -0.39 is 8.80 Å². The minimum absolute atomic E-state index is 0.629. The van der Waals surface area contributed by atoms with E-state index in [0.717, 1.165) is 12.5 Å². The van der Waals surface area contributed by atoms with Crippen molar-refractivity contribution in [2.45, 2.75) is 33.2 Å². The molecule has 0 saturated heterocycles. The van der Waals surface area contributed by atoms with Crippen molar-refractivity contribution in [1.29, 1.82) is 0 Å². The molecule has 0 saturated carbocycles. The zero-order valence-corrected chi connectivity index (χ0v) is 14.8. The summed E-state index contributed by atoms with van der Waals surface area (Å²) in [5, 5.41) is 2.55. The molecule has 0 aliphatic heterocycles. The normalized spacial score (nSPS) is 12.0. The second-order valence-electron chi connectivity index (χ2n) is 5.16. The highest BCUT2D eigenvalue weighted by Crippen LogP contribution is 2.22. The summed E-state index contributed by atoms with van der Waals surface area (Å²) in [6.07, 6.45) is 0.914. The molecule has 0 aromatic heterocycles. The third-order valence-electron chi connectivity index (χ3n) is 3.63. The molecule has 0 amide bonds. The SMILES string of the molecule is CCO[Si](CCc1ccc2ccccc2c1)(OCC)OCC. The predicted molar refractivity (Wildman–Crippen MR) is 93.1 cm³/mol. The lowest BCUT2D eigenvalue weighted by molar-refractivity contribution is 0.0714. The van der Waals surface area contributed by atoms with E-state index in [1.54, 1.807) is 0 Å². The van der Waals surface area contributed by atoms with Crippen molar-refractivity contribution < 1.29 is 13.3 Å². The minimum atomic E-state index is -2.55. The van der Waals surface area contributed by atoms with Gasteiger partial charge in [-0.25, -0.2) is 0 Å². The molecule has 120 valence electrons. The van der Waals surface area contributed by atoms with Gasteiger partial charge < -0.3 is 13.3 Å². The molecule has 0 atom stereocenters. The summed E-state index contributed by atoms with van der Waals surface area (Å²) in [6.45, 7) is 7.87. The average Bonchev–Trinajstić information content (AvgIpc) is 2.53. The van der Waals surface area contributed by atoms with Crippen molar-refractivity contribution in [2.75, 3.05) is 19.8 Å². The van der Waals surface area contributed by atoms with Gasteiger partial charge in [0, 0.05) is 25.9 Å². The largest absolute Gasteiger partial charge is 0.501 e. The van der Waals surface area contributed by atoms with Gasteiger partial charge in [-0.15, -0.1) is 0 Å². The van der Waals surface area contributed by atoms with E-state index in [2.05, 4.69) is 42.5 Å². The molecule has 0 N–H and O–H groups in total. The molecule has 0 radical (unpaired) electrons. The Labute approximate surface area is 134 Å². The van der Waals surface area contributed by atoms with Crippen molar-refractivity contribution in [2.24, 2.45) is 0 Å². The molecular formula is C18H26O3Si. The lowest BCUT2D eigenvalue weighted by atomic mass is 10.1. The van der Waals surface area contributed by atoms with Gasteiger partial charge in [0.15, 0.2) is 0 Å². The van der Waals surface area contributed by atoms with Crippen molar-refractivity contribution in [3.8, 4) is 0 Å². The maximum atomic E-state index is 5.91. The van der Waals surface area contributed by atoms with Crippen LogP contribution in [0.15, 0.2) is 42.5 Å². The van der Waals surface area contributed by atoms with Crippen molar-refractivity contribution in [3.05, 3.63) is 48.0 Å². The molecule has 3 nitrogen and oxygen atoms in total. The molecule has 2 aromatic rings. The Bertz CT molecular complexity index is 568. The summed E-state index contributed by atoms with van der Waals surface area (Å²) in [5.74, 6) is 0. The van der Waals surface area contributed by atoms with Gasteiger partial charge >= 0.3 is 8.80 Å². The fourth-order valence-corrected chi connectivity index (χ4v) is 5.29. The van der Waals surface area contributed by atoms with Crippen LogP contribution in [0.3, 0.4) is 0 Å². The molecular weight excluding hydrogens is 292 g/mol. The second kappa shape index (κ2) is 8.43. The van der Waals surface area contributed by atoms with Gasteiger partial charge in [-0.3, -0.25) is 0 Å². The van der Waals surface area contributed by atoms with Crippen LogP contribution in [-0.4, -0.2) is 28.6 Å². The zero-order chi connectivity index (χ0) is 15.8. The van der Waals surface area contributed by atoms with E-state index in [9.17, 15) is 0 Å². The van der Waals surface area contributed by atoms with Crippen LogP contribution in [-0.2, 0) is 19.7 Å². The molecule has 2 rings (SSSR count). The highest BCUT2D eigenvalue weighted by Gasteiger charge is 2.39. The summed E-state index contributed by atoms with van der Waals surface area (Å²) in [7, 11) is -2.55. The molecule has 0 aliphatic carbocycles. The average molecular weight is 318 g/mol. The second-order valence-corrected chi connectivity index (χ2v) is 7.90. The maximum Gasteiger partial charge on any atom is 0.501 e. The number of hydrogen-bond donors (Lipinski definition) is 0. The third-order valence-corrected chi connectivity index (χ3v) is 6.67. The maximum absolute atomic E-state index is 5.91. The number of hydrogen-bond acceptors (Lipinski definition) is 3. The Morgan fingerprint density at radius 3 is 1.95 bits per heavy atom. The van der Waals surface area contributed by atoms with E-state index >= 15 is 0 Å². The molecule has 0 spiro atoms. The Morgan fingerprint density at radius 2 is 1.36 bits per heavy atom. The fraction of sp³-hybridized carbons (Fsp3) is 0.444. The monoisotopic (exact) mass is 318 g/mol. The van der Waals surface area contributed by atoms with Crippen LogP contribution >= 0.6 is 0 Å². The van der Waals surface area contributed by atoms with Gasteiger partial charge in [0.1, 0.15) is 0 Å². The Balaban J connectivity index is 2.12. The van der Waals surface area contributed by atoms with Crippen LogP contribution in [0, 0.1) is 0 Å². The predicted octanol–water partition coefficient (Wildman–Crippen LogP) is 4.43. The van der Waals surface area contributed by atoms with Gasteiger partial charge in [-0.2, -0.15) is 0 Å². The van der Waals surface area contributed by atoms with E-state index in [4.69, 9.17) is 13.3 Å². The Morgan fingerprint density at radius 1 is 0.773 bits per heavy atom. The van der Waals surface area contributed by atoms with Crippen molar-refractivity contribution in [3.63, 3.8) is 0 Å². The molecule has 0 fully saturated rings. The van der Waals surface area contributed by atoms with Crippen molar-refractivity contribution in [1.82, 2.24) is 0 Å². The van der Waals surface area contributed by atoms with Crippen LogP contribution in [0.1, 0.15) is 26.3 Å². The first-order chi connectivity index (χ1) is 10.7. The van der Waals surface area contributed by atoms with Crippen molar-refractivity contribution >= 4 is 19.6 Å². The van der Waals surface area contributed by atoms with Crippen LogP contribution in [0.2, 0.25) is 6.04 Å². The van der Waals surface area contributed by atoms with Crippen LogP contribution < -0.4 is 0 Å². The van der Waals surface area contributed by atoms with Gasteiger partial charge in [0.25, 0.3) is 0 Å². The van der Waals surface area contributed by atoms with E-state index in [0.29, 0.717) is 19.8 Å². The summed E-state index contributed by atoms with van der Waals surface area (Å²) < 4.78 is 17.7. The number of rotatable bonds is 9. The number of fused-ring (bicyclic) bond motifs is 1. The Kier molecular flexibility index (Phi) is 6.58. The first-order valence-electron chi connectivity index (χ1n) is 8.12. The minimum Gasteiger partial charge on any atom is -0.374 e. The standard InChI is InChI=1S/C18H26O3Si/c1-4-19-22(20-5-2,21-6-3)14-13-16-11-12-17-9-7-8-10-18(17)15-16/h7-12,15H,4-6,13-14H2,1-3H3. The summed E-state index contributed by atoms with van der Waals surface area (Å²) in [4.78, 5) is 0. The lowest BCUT2D eigenvalue weighted by Crippen LogP contribution is -2.46. The summed E-state index contributed by atoms with van der Waals surface area (Å²) >= 11 is 0. The van der Waals surface area contributed by atoms with Gasteiger partial charge in [0.2, 0.25) is 0 Å². The quantitative estimate of drug-likeness (QED) is 0.640. The topological polar surface area (TPSA) is 27.7 Å². The molecule has 0 aliphatic rings. The molecule has 4 heteroatoms. The van der Waals surface area contributed by atoms with E-state index in [1.807, 2.05) is 20.8 Å². The van der Waals surface area contributed by atoms with E-state index in [1.165, 1.54) is 16.3 Å². The fourth-order valence-electron chi connectivity index (χ4n) is 2.69. The van der Waals surface area contributed by atoms with Crippen LogP contribution in [0.4, 0.5) is 0 Å². The van der Waals surface area contributed by atoms with Crippen LogP contribution in [0.25, 0.3) is 10.8 Å². The van der Waals surface area contributed by atoms with Gasteiger partial charge in [-0.05, 0) is 43.5 Å². The molecule has 0 unspecified atom stereocenters. The van der Waals surface area contributed by atoms with E-state index in [-0.39, 0.29) is 0 Å². The first kappa shape index (κ1) is 17.2.